The third-order valence-electron chi connectivity index (χ3n) is 3.86. The molecule has 2 aliphatic rings. The minimum Gasteiger partial charge on any atom is -0.316 e. The van der Waals surface area contributed by atoms with Gasteiger partial charge in [-0.2, -0.15) is 4.99 Å². The van der Waals surface area contributed by atoms with Gasteiger partial charge in [-0.05, 0) is 30.7 Å². The lowest BCUT2D eigenvalue weighted by Gasteiger charge is -2.24. The molecule has 0 bridgehead atoms. The van der Waals surface area contributed by atoms with Gasteiger partial charge in [0, 0.05) is 22.4 Å². The Labute approximate surface area is 145 Å². The summed E-state index contributed by atoms with van der Waals surface area (Å²) in [4.78, 5) is 18.0. The van der Waals surface area contributed by atoms with Crippen molar-refractivity contribution in [1.29, 1.82) is 0 Å². The summed E-state index contributed by atoms with van der Waals surface area (Å²) in [6, 6.07) is 6.99. The summed E-state index contributed by atoms with van der Waals surface area (Å²) < 4.78 is 23.9. The molecule has 1 aromatic rings. The highest BCUT2D eigenvalue weighted by Crippen LogP contribution is 2.41. The molecule has 5 nitrogen and oxygen atoms in total. The van der Waals surface area contributed by atoms with E-state index in [0.29, 0.717) is 16.6 Å². The summed E-state index contributed by atoms with van der Waals surface area (Å²) >= 11 is 7.32. The molecule has 23 heavy (non-hydrogen) atoms. The zero-order valence-electron chi connectivity index (χ0n) is 12.6. The number of amides is 1. The van der Waals surface area contributed by atoms with Gasteiger partial charge in [-0.25, -0.2) is 8.42 Å². The Hall–Kier alpha value is -1.05. The van der Waals surface area contributed by atoms with Gasteiger partial charge in [0.05, 0.1) is 17.5 Å². The maximum atomic E-state index is 11.9. The molecule has 2 saturated heterocycles. The van der Waals surface area contributed by atoms with Crippen molar-refractivity contribution in [1.82, 2.24) is 0 Å². The van der Waals surface area contributed by atoms with Crippen molar-refractivity contribution in [3.05, 3.63) is 29.3 Å². The van der Waals surface area contributed by atoms with Crippen LogP contribution in [0.25, 0.3) is 0 Å². The fourth-order valence-corrected chi connectivity index (χ4v) is 6.90. The highest BCUT2D eigenvalue weighted by Gasteiger charge is 2.49. The molecule has 0 radical (unpaired) electrons. The van der Waals surface area contributed by atoms with E-state index in [2.05, 4.69) is 4.99 Å². The number of aliphatic imine (C=N–C) groups is 1. The van der Waals surface area contributed by atoms with E-state index in [1.54, 1.807) is 12.1 Å². The lowest BCUT2D eigenvalue weighted by atomic mass is 10.2. The van der Waals surface area contributed by atoms with Crippen molar-refractivity contribution < 1.29 is 13.2 Å². The summed E-state index contributed by atoms with van der Waals surface area (Å²) in [7, 11) is -3.05. The van der Waals surface area contributed by atoms with Crippen LogP contribution >= 0.6 is 23.4 Å². The normalized spacial score (nSPS) is 27.4. The summed E-state index contributed by atoms with van der Waals surface area (Å²) in [5.74, 6) is 0.0543. The van der Waals surface area contributed by atoms with Crippen LogP contribution in [-0.2, 0) is 14.6 Å². The minimum atomic E-state index is -3.05. The molecule has 0 aliphatic carbocycles. The predicted molar refractivity (Wildman–Crippen MR) is 95.1 cm³/mol. The fraction of sp³-hybridized carbons (Fsp3) is 0.467. The molecule has 0 unspecified atom stereocenters. The first-order valence-electron chi connectivity index (χ1n) is 7.43. The summed E-state index contributed by atoms with van der Waals surface area (Å²) in [5, 5.41) is 1.12. The first-order valence-corrected chi connectivity index (χ1v) is 10.5. The number of hydrogen-bond donors (Lipinski definition) is 0. The molecular formula is C15H17ClN2O3S2. The molecule has 2 aliphatic heterocycles. The predicted octanol–water partition coefficient (Wildman–Crippen LogP) is 2.74. The minimum absolute atomic E-state index is 0.0798. The molecule has 2 atom stereocenters. The van der Waals surface area contributed by atoms with E-state index >= 15 is 0 Å². The number of carbonyl (C=O) groups is 1. The van der Waals surface area contributed by atoms with Crippen molar-refractivity contribution in [2.24, 2.45) is 4.99 Å². The Bertz CT molecular complexity index is 746. The number of halogens is 1. The van der Waals surface area contributed by atoms with Crippen molar-refractivity contribution in [2.75, 3.05) is 16.4 Å². The number of sulfone groups is 1. The third kappa shape index (κ3) is 3.56. The number of nitrogens with zero attached hydrogens (tertiary/aromatic N) is 2. The van der Waals surface area contributed by atoms with Crippen molar-refractivity contribution in [2.45, 2.75) is 31.1 Å². The van der Waals surface area contributed by atoms with Crippen LogP contribution in [0.3, 0.4) is 0 Å². The molecule has 2 heterocycles. The second kappa shape index (κ2) is 6.45. The topological polar surface area (TPSA) is 66.8 Å². The Morgan fingerprint density at radius 3 is 2.70 bits per heavy atom. The highest BCUT2D eigenvalue weighted by atomic mass is 35.5. The van der Waals surface area contributed by atoms with Crippen LogP contribution in [0, 0.1) is 0 Å². The maximum Gasteiger partial charge on any atom is 0.248 e. The molecule has 3 rings (SSSR count). The number of hydrogen-bond acceptors (Lipinski definition) is 4. The molecule has 0 aromatic heterocycles. The average molecular weight is 373 g/mol. The number of benzene rings is 1. The van der Waals surface area contributed by atoms with Crippen molar-refractivity contribution in [3.8, 4) is 0 Å². The van der Waals surface area contributed by atoms with Gasteiger partial charge < -0.3 is 4.90 Å². The van der Waals surface area contributed by atoms with Crippen molar-refractivity contribution in [3.63, 3.8) is 0 Å². The summed E-state index contributed by atoms with van der Waals surface area (Å²) in [6.07, 6.45) is 1.13. The molecule has 0 spiro atoms. The standard InChI is InChI=1S/C15H17ClN2O3S2/c1-2-3-14(19)17-15-18(11-6-4-10(16)5-7-11)12-8-23(20,21)9-13(12)22-15/h4-7,12-13H,2-3,8-9H2,1H3/t12-,13+/m0/s1. The van der Waals surface area contributed by atoms with Crippen LogP contribution in [0.5, 0.6) is 0 Å². The molecule has 124 valence electrons. The Kier molecular flexibility index (Phi) is 4.71. The molecule has 1 aromatic carbocycles. The maximum absolute atomic E-state index is 11.9. The van der Waals surface area contributed by atoms with E-state index in [-0.39, 0.29) is 28.7 Å². The number of fused-ring (bicyclic) bond motifs is 1. The van der Waals surface area contributed by atoms with E-state index in [4.69, 9.17) is 11.6 Å². The monoisotopic (exact) mass is 372 g/mol. The molecule has 0 N–H and O–H groups in total. The second-order valence-corrected chi connectivity index (χ2v) is 9.48. The second-order valence-electron chi connectivity index (χ2n) is 5.69. The van der Waals surface area contributed by atoms with Crippen LogP contribution in [0.1, 0.15) is 19.8 Å². The number of thioether (sulfide) groups is 1. The van der Waals surface area contributed by atoms with Gasteiger partial charge in [0.15, 0.2) is 15.0 Å². The summed E-state index contributed by atoms with van der Waals surface area (Å²) in [6.45, 7) is 1.93. The van der Waals surface area contributed by atoms with Gasteiger partial charge in [-0.1, -0.05) is 30.3 Å². The Morgan fingerprint density at radius 2 is 2.04 bits per heavy atom. The quantitative estimate of drug-likeness (QED) is 0.816. The van der Waals surface area contributed by atoms with E-state index < -0.39 is 9.84 Å². The van der Waals surface area contributed by atoms with Crippen LogP contribution < -0.4 is 4.90 Å². The van der Waals surface area contributed by atoms with Gasteiger partial charge in [0.1, 0.15) is 0 Å². The molecule has 8 heteroatoms. The fourth-order valence-electron chi connectivity index (χ4n) is 2.84. The third-order valence-corrected chi connectivity index (χ3v) is 7.32. The van der Waals surface area contributed by atoms with Gasteiger partial charge in [0.2, 0.25) is 5.91 Å². The number of amidine groups is 1. The average Bonchev–Trinajstić information content (AvgIpc) is 2.91. The van der Waals surface area contributed by atoms with E-state index in [1.807, 2.05) is 24.0 Å². The molecule has 2 fully saturated rings. The highest BCUT2D eigenvalue weighted by molar-refractivity contribution is 8.16. The lowest BCUT2D eigenvalue weighted by Crippen LogP contribution is -2.37. The van der Waals surface area contributed by atoms with Crippen LogP contribution in [0.15, 0.2) is 29.3 Å². The SMILES string of the molecule is CCCC(=O)N=C1S[C@@H]2CS(=O)(=O)C[C@@H]2N1c1ccc(Cl)cc1. The molecule has 0 saturated carbocycles. The van der Waals surface area contributed by atoms with Gasteiger partial charge >= 0.3 is 0 Å². The first-order chi connectivity index (χ1) is 10.9. The van der Waals surface area contributed by atoms with Crippen LogP contribution in [-0.4, -0.2) is 42.3 Å². The number of anilines is 1. The Morgan fingerprint density at radius 1 is 1.35 bits per heavy atom. The molecular weight excluding hydrogens is 356 g/mol. The zero-order valence-corrected chi connectivity index (χ0v) is 15.0. The van der Waals surface area contributed by atoms with Crippen LogP contribution in [0.4, 0.5) is 5.69 Å². The van der Waals surface area contributed by atoms with Gasteiger partial charge in [0.25, 0.3) is 0 Å². The van der Waals surface area contributed by atoms with E-state index in [9.17, 15) is 13.2 Å². The first kappa shape index (κ1) is 16.8. The van der Waals surface area contributed by atoms with E-state index in [1.165, 1.54) is 11.8 Å². The van der Waals surface area contributed by atoms with E-state index in [0.717, 1.165) is 12.1 Å². The van der Waals surface area contributed by atoms with Crippen LogP contribution in [0.2, 0.25) is 5.02 Å². The number of carbonyl (C=O) groups excluding carboxylic acids is 1. The van der Waals surface area contributed by atoms with Crippen molar-refractivity contribution >= 4 is 50.0 Å². The molecule has 1 amide bonds. The lowest BCUT2D eigenvalue weighted by molar-refractivity contribution is -0.117. The smallest absolute Gasteiger partial charge is 0.248 e. The van der Waals surface area contributed by atoms with Gasteiger partial charge in [-0.3, -0.25) is 4.79 Å². The zero-order chi connectivity index (χ0) is 16.6. The Balaban J connectivity index is 1.97. The number of rotatable bonds is 3. The largest absolute Gasteiger partial charge is 0.316 e. The van der Waals surface area contributed by atoms with Gasteiger partial charge in [-0.15, -0.1) is 0 Å². The summed E-state index contributed by atoms with van der Waals surface area (Å²) in [5.41, 5.74) is 0.814.